The number of rotatable bonds is 18. The Kier molecular flexibility index (Phi) is 15.5. The van der Waals surface area contributed by atoms with E-state index < -0.39 is 53.8 Å². The zero-order chi connectivity index (χ0) is 27.1. The Morgan fingerprint density at radius 2 is 1.20 bits per heavy atom. The maximum atomic E-state index is 13.1. The largest absolute Gasteiger partial charge is 0.481 e. The molecular formula is C23H43N5O7. The van der Waals surface area contributed by atoms with Gasteiger partial charge in [0.15, 0.2) is 0 Å². The second-order valence-corrected chi connectivity index (χ2v) is 9.60. The third-order valence-electron chi connectivity index (χ3n) is 5.25. The lowest BCUT2D eigenvalue weighted by atomic mass is 9.99. The van der Waals surface area contributed by atoms with Crippen molar-refractivity contribution in [2.75, 3.05) is 6.54 Å². The minimum atomic E-state index is -1.16. The van der Waals surface area contributed by atoms with E-state index in [-0.39, 0.29) is 43.9 Å². The summed E-state index contributed by atoms with van der Waals surface area (Å²) in [5.41, 5.74) is 11.3. The van der Waals surface area contributed by atoms with Crippen LogP contribution in [0.4, 0.5) is 0 Å². The third kappa shape index (κ3) is 14.3. The maximum absolute atomic E-state index is 13.1. The van der Waals surface area contributed by atoms with Crippen LogP contribution in [-0.4, -0.2) is 70.6 Å². The summed E-state index contributed by atoms with van der Waals surface area (Å²) < 4.78 is 0. The van der Waals surface area contributed by atoms with Gasteiger partial charge in [0.25, 0.3) is 0 Å². The summed E-state index contributed by atoms with van der Waals surface area (Å²) in [4.78, 5) is 60.7. The second kappa shape index (κ2) is 16.8. The van der Waals surface area contributed by atoms with Gasteiger partial charge in [0, 0.05) is 6.42 Å². The second-order valence-electron chi connectivity index (χ2n) is 9.60. The number of carbonyl (C=O) groups excluding carboxylic acids is 3. The van der Waals surface area contributed by atoms with Crippen LogP contribution in [-0.2, 0) is 24.0 Å². The average Bonchev–Trinajstić information content (AvgIpc) is 2.74. The molecule has 0 aromatic rings. The number of carboxylic acid groups (broad SMARTS) is 2. The summed E-state index contributed by atoms with van der Waals surface area (Å²) in [6.45, 7) is 7.79. The molecule has 0 saturated carbocycles. The van der Waals surface area contributed by atoms with Crippen molar-refractivity contribution in [2.24, 2.45) is 23.3 Å². The first-order valence-electron chi connectivity index (χ1n) is 12.1. The maximum Gasteiger partial charge on any atom is 0.326 e. The molecule has 0 rings (SSSR count). The van der Waals surface area contributed by atoms with Crippen molar-refractivity contribution in [3.05, 3.63) is 0 Å². The van der Waals surface area contributed by atoms with Crippen LogP contribution in [0.2, 0.25) is 0 Å². The van der Waals surface area contributed by atoms with Gasteiger partial charge in [-0.15, -0.1) is 0 Å². The van der Waals surface area contributed by atoms with E-state index in [1.807, 2.05) is 27.7 Å². The van der Waals surface area contributed by atoms with Crippen LogP contribution in [0.1, 0.15) is 72.6 Å². The first-order valence-corrected chi connectivity index (χ1v) is 12.1. The van der Waals surface area contributed by atoms with E-state index >= 15 is 0 Å². The van der Waals surface area contributed by atoms with Crippen LogP contribution < -0.4 is 27.4 Å². The minimum absolute atomic E-state index is 0.00847. The Balaban J connectivity index is 5.49. The first-order chi connectivity index (χ1) is 16.3. The van der Waals surface area contributed by atoms with E-state index in [9.17, 15) is 29.1 Å². The Morgan fingerprint density at radius 1 is 0.714 bits per heavy atom. The molecule has 0 aliphatic heterocycles. The number of hydrogen-bond acceptors (Lipinski definition) is 7. The van der Waals surface area contributed by atoms with Crippen LogP contribution in [0.5, 0.6) is 0 Å². The molecule has 0 aromatic heterocycles. The molecule has 0 heterocycles. The quantitative estimate of drug-likeness (QED) is 0.125. The zero-order valence-electron chi connectivity index (χ0n) is 21.2. The molecule has 0 aliphatic carbocycles. The molecule has 35 heavy (non-hydrogen) atoms. The van der Waals surface area contributed by atoms with Crippen LogP contribution in [0.3, 0.4) is 0 Å². The van der Waals surface area contributed by atoms with Crippen molar-refractivity contribution >= 4 is 29.7 Å². The molecule has 0 fully saturated rings. The van der Waals surface area contributed by atoms with Crippen molar-refractivity contribution in [1.29, 1.82) is 0 Å². The fourth-order valence-corrected chi connectivity index (χ4v) is 3.39. The Labute approximate surface area is 206 Å². The lowest BCUT2D eigenvalue weighted by Crippen LogP contribution is -2.57. The summed E-state index contributed by atoms with van der Waals surface area (Å²) in [6, 6.07) is -4.23. The Morgan fingerprint density at radius 3 is 1.69 bits per heavy atom. The van der Waals surface area contributed by atoms with Gasteiger partial charge in [-0.2, -0.15) is 0 Å². The normalized spacial score (nSPS) is 14.6. The highest BCUT2D eigenvalue weighted by Crippen LogP contribution is 2.10. The van der Waals surface area contributed by atoms with Crippen LogP contribution in [0, 0.1) is 11.8 Å². The number of amides is 3. The van der Waals surface area contributed by atoms with Crippen LogP contribution in [0.25, 0.3) is 0 Å². The van der Waals surface area contributed by atoms with Gasteiger partial charge in [0.2, 0.25) is 17.7 Å². The van der Waals surface area contributed by atoms with Gasteiger partial charge in [-0.25, -0.2) is 4.79 Å². The number of hydrogen-bond donors (Lipinski definition) is 7. The predicted octanol–water partition coefficient (Wildman–Crippen LogP) is -0.0613. The van der Waals surface area contributed by atoms with Crippen molar-refractivity contribution < 1.29 is 34.2 Å². The fourth-order valence-electron chi connectivity index (χ4n) is 3.39. The van der Waals surface area contributed by atoms with E-state index in [1.165, 1.54) is 0 Å². The topological polar surface area (TPSA) is 214 Å². The minimum Gasteiger partial charge on any atom is -0.481 e. The number of unbranched alkanes of at least 4 members (excludes halogenated alkanes) is 1. The van der Waals surface area contributed by atoms with Gasteiger partial charge in [0.05, 0.1) is 6.04 Å². The van der Waals surface area contributed by atoms with E-state index in [4.69, 9.17) is 16.6 Å². The molecule has 0 aromatic carbocycles. The molecule has 0 bridgehead atoms. The van der Waals surface area contributed by atoms with Crippen molar-refractivity contribution in [1.82, 2.24) is 16.0 Å². The van der Waals surface area contributed by atoms with E-state index in [1.54, 1.807) is 0 Å². The Bertz CT molecular complexity index is 714. The molecule has 0 saturated heterocycles. The molecule has 0 radical (unpaired) electrons. The molecular weight excluding hydrogens is 458 g/mol. The summed E-state index contributed by atoms with van der Waals surface area (Å²) in [7, 11) is 0. The first kappa shape index (κ1) is 32.3. The zero-order valence-corrected chi connectivity index (χ0v) is 21.2. The molecule has 4 atom stereocenters. The standard InChI is InChI=1S/C23H43N5O7/c1-13(2)11-17(22(33)28-18(23(34)35)12-14(3)4)27-21(32)16(7-5-6-10-24)26-20(31)15(25)8-9-19(29)30/h13-18H,5-12,24-25H2,1-4H3,(H,26,31)(H,27,32)(H,28,33)(H,29,30)(H,34,35). The highest BCUT2D eigenvalue weighted by molar-refractivity contribution is 5.94. The summed E-state index contributed by atoms with van der Waals surface area (Å²) in [5.74, 6) is -4.13. The number of nitrogens with one attached hydrogen (secondary N) is 3. The number of carbonyl (C=O) groups is 5. The van der Waals surface area contributed by atoms with Gasteiger partial charge in [-0.05, 0) is 56.9 Å². The number of carboxylic acids is 2. The summed E-state index contributed by atoms with van der Waals surface area (Å²) >= 11 is 0. The average molecular weight is 502 g/mol. The van der Waals surface area contributed by atoms with Crippen molar-refractivity contribution in [3.63, 3.8) is 0 Å². The summed E-state index contributed by atoms with van der Waals surface area (Å²) in [5, 5.41) is 25.9. The number of nitrogens with two attached hydrogens (primary N) is 2. The van der Waals surface area contributed by atoms with E-state index in [2.05, 4.69) is 16.0 Å². The molecule has 3 amide bonds. The van der Waals surface area contributed by atoms with E-state index in [0.29, 0.717) is 19.4 Å². The van der Waals surface area contributed by atoms with Crippen LogP contribution >= 0.6 is 0 Å². The lowest BCUT2D eigenvalue weighted by Gasteiger charge is -2.26. The predicted molar refractivity (Wildman–Crippen MR) is 130 cm³/mol. The highest BCUT2D eigenvalue weighted by atomic mass is 16.4. The van der Waals surface area contributed by atoms with E-state index in [0.717, 1.165) is 0 Å². The highest BCUT2D eigenvalue weighted by Gasteiger charge is 2.30. The molecule has 12 heteroatoms. The van der Waals surface area contributed by atoms with Crippen molar-refractivity contribution in [3.8, 4) is 0 Å². The molecule has 4 unspecified atom stereocenters. The van der Waals surface area contributed by atoms with Gasteiger partial charge in [-0.1, -0.05) is 27.7 Å². The Hall–Kier alpha value is -2.73. The summed E-state index contributed by atoms with van der Waals surface area (Å²) in [6.07, 6.45) is 1.47. The molecule has 9 N–H and O–H groups in total. The molecule has 0 spiro atoms. The van der Waals surface area contributed by atoms with Gasteiger partial charge in [-0.3, -0.25) is 19.2 Å². The molecule has 12 nitrogen and oxygen atoms in total. The molecule has 0 aliphatic rings. The van der Waals surface area contributed by atoms with Gasteiger partial charge >= 0.3 is 11.9 Å². The van der Waals surface area contributed by atoms with Gasteiger partial charge < -0.3 is 37.6 Å². The fraction of sp³-hybridized carbons (Fsp3) is 0.783. The smallest absolute Gasteiger partial charge is 0.326 e. The molecule has 202 valence electrons. The lowest BCUT2D eigenvalue weighted by molar-refractivity contribution is -0.143. The SMILES string of the molecule is CC(C)CC(NC(=O)C(CC(C)C)NC(=O)C(CCCCN)NC(=O)C(N)CCC(=O)O)C(=O)O. The van der Waals surface area contributed by atoms with Gasteiger partial charge in [0.1, 0.15) is 18.1 Å². The van der Waals surface area contributed by atoms with Crippen molar-refractivity contribution in [2.45, 2.75) is 96.8 Å². The third-order valence-corrected chi connectivity index (χ3v) is 5.25. The monoisotopic (exact) mass is 501 g/mol. The number of aliphatic carboxylic acids is 2. The van der Waals surface area contributed by atoms with Crippen LogP contribution in [0.15, 0.2) is 0 Å².